The minimum absolute atomic E-state index is 0.0125. The number of alkyl halides is 3. The molecule has 2 rings (SSSR count). The average Bonchev–Trinajstić information content (AvgIpc) is 2.61. The van der Waals surface area contributed by atoms with E-state index in [4.69, 9.17) is 11.6 Å². The highest BCUT2D eigenvalue weighted by molar-refractivity contribution is 6.30. The first-order valence-corrected chi connectivity index (χ1v) is 6.26. The number of carboxylic acid groups (broad SMARTS) is 1. The number of hydrogen-bond donors (Lipinski definition) is 0. The fourth-order valence-corrected chi connectivity index (χ4v) is 2.56. The molecular weight excluding hydrogens is 307 g/mol. The molecule has 0 aliphatic rings. The van der Waals surface area contributed by atoms with E-state index in [1.54, 1.807) is 0 Å². The van der Waals surface area contributed by atoms with Gasteiger partial charge in [0.1, 0.15) is 5.69 Å². The van der Waals surface area contributed by atoms with E-state index in [2.05, 4.69) is 0 Å². The topological polar surface area (TPSA) is 45.1 Å². The number of aromatic nitrogens is 1. The van der Waals surface area contributed by atoms with Gasteiger partial charge in [0.2, 0.25) is 0 Å². The third kappa shape index (κ3) is 2.63. The van der Waals surface area contributed by atoms with E-state index in [0.717, 1.165) is 7.05 Å². The van der Waals surface area contributed by atoms with Gasteiger partial charge >= 0.3 is 6.18 Å². The van der Waals surface area contributed by atoms with Gasteiger partial charge in [0.25, 0.3) is 0 Å². The van der Waals surface area contributed by atoms with Crippen molar-refractivity contribution < 1.29 is 23.1 Å². The highest BCUT2D eigenvalue weighted by Crippen LogP contribution is 2.40. The number of halogens is 4. The summed E-state index contributed by atoms with van der Waals surface area (Å²) < 4.78 is 39.9. The van der Waals surface area contributed by atoms with Crippen molar-refractivity contribution in [1.29, 1.82) is 0 Å². The first-order chi connectivity index (χ1) is 9.64. The van der Waals surface area contributed by atoms with Crippen LogP contribution in [0.15, 0.2) is 24.3 Å². The molecule has 21 heavy (non-hydrogen) atoms. The van der Waals surface area contributed by atoms with Crippen LogP contribution in [0.25, 0.3) is 11.1 Å². The lowest BCUT2D eigenvalue weighted by Gasteiger charge is -2.11. The van der Waals surface area contributed by atoms with E-state index < -0.39 is 23.5 Å². The fourth-order valence-electron chi connectivity index (χ4n) is 2.44. The van der Waals surface area contributed by atoms with Crippen molar-refractivity contribution in [2.45, 2.75) is 13.1 Å². The lowest BCUT2D eigenvalue weighted by molar-refractivity contribution is -0.255. The number of carbonyl (C=O) groups is 1. The number of rotatable bonds is 2. The molecule has 0 atom stereocenters. The molecule has 0 N–H and O–H groups in total. The van der Waals surface area contributed by atoms with Gasteiger partial charge in [0.05, 0.1) is 11.7 Å². The summed E-state index contributed by atoms with van der Waals surface area (Å²) in [6.07, 6.45) is -4.66. The first kappa shape index (κ1) is 15.4. The molecular formula is C14H10ClF3NO2-. The summed E-state index contributed by atoms with van der Waals surface area (Å²) in [5, 5.41) is 11.7. The van der Waals surface area contributed by atoms with Crippen molar-refractivity contribution in [3.63, 3.8) is 0 Å². The van der Waals surface area contributed by atoms with Crippen LogP contribution in [0.3, 0.4) is 0 Å². The van der Waals surface area contributed by atoms with Crippen molar-refractivity contribution in [2.24, 2.45) is 7.05 Å². The SMILES string of the molecule is Cc1c(-c2ccc(Cl)cc2)c(C(=O)[O-])n(C)c1C(F)(F)F. The maximum Gasteiger partial charge on any atom is 0.431 e. The zero-order valence-corrected chi connectivity index (χ0v) is 11.8. The van der Waals surface area contributed by atoms with Crippen molar-refractivity contribution in [1.82, 2.24) is 4.57 Å². The van der Waals surface area contributed by atoms with Crippen LogP contribution in [-0.4, -0.2) is 10.5 Å². The molecule has 0 aliphatic carbocycles. The molecule has 0 saturated carbocycles. The molecule has 1 aromatic heterocycles. The summed E-state index contributed by atoms with van der Waals surface area (Å²) in [5.41, 5.74) is -1.36. The molecule has 0 radical (unpaired) electrons. The highest BCUT2D eigenvalue weighted by Gasteiger charge is 2.38. The molecule has 1 heterocycles. The molecule has 0 aliphatic heterocycles. The van der Waals surface area contributed by atoms with Gasteiger partial charge < -0.3 is 14.5 Å². The van der Waals surface area contributed by atoms with E-state index in [1.807, 2.05) is 0 Å². The molecule has 2 aromatic rings. The van der Waals surface area contributed by atoms with Crippen molar-refractivity contribution >= 4 is 17.6 Å². The Labute approximate surface area is 123 Å². The Morgan fingerprint density at radius 3 is 2.19 bits per heavy atom. The molecule has 0 unspecified atom stereocenters. The van der Waals surface area contributed by atoms with Crippen LogP contribution >= 0.6 is 11.6 Å². The van der Waals surface area contributed by atoms with Gasteiger partial charge in [-0.2, -0.15) is 13.2 Å². The molecule has 7 heteroatoms. The maximum absolute atomic E-state index is 13.1. The van der Waals surface area contributed by atoms with Crippen LogP contribution < -0.4 is 5.11 Å². The minimum Gasteiger partial charge on any atom is -0.543 e. The van der Waals surface area contributed by atoms with Crippen molar-refractivity contribution in [2.75, 3.05) is 0 Å². The average molecular weight is 317 g/mol. The van der Waals surface area contributed by atoms with Gasteiger partial charge in [0.15, 0.2) is 0 Å². The standard InChI is InChI=1S/C14H11ClF3NO2/c1-7-10(8-3-5-9(15)6-4-8)11(13(20)21)19(2)12(7)14(16,17)18/h3-6H,1-2H3,(H,20,21)/p-1. The normalized spacial score (nSPS) is 11.7. The van der Waals surface area contributed by atoms with Crippen LogP contribution in [0.2, 0.25) is 5.02 Å². The number of hydrogen-bond acceptors (Lipinski definition) is 2. The summed E-state index contributed by atoms with van der Waals surface area (Å²) in [5.74, 6) is -1.67. The number of carbonyl (C=O) groups excluding carboxylic acids is 1. The van der Waals surface area contributed by atoms with E-state index in [-0.39, 0.29) is 11.1 Å². The molecule has 0 fully saturated rings. The lowest BCUT2D eigenvalue weighted by Crippen LogP contribution is -2.26. The first-order valence-electron chi connectivity index (χ1n) is 5.88. The lowest BCUT2D eigenvalue weighted by atomic mass is 10.0. The van der Waals surface area contributed by atoms with Gasteiger partial charge in [-0.25, -0.2) is 0 Å². The van der Waals surface area contributed by atoms with Crippen LogP contribution in [0.4, 0.5) is 13.2 Å². The zero-order chi connectivity index (χ0) is 15.9. The van der Waals surface area contributed by atoms with Crippen LogP contribution in [-0.2, 0) is 13.2 Å². The number of carboxylic acids is 1. The second-order valence-corrected chi connectivity index (χ2v) is 4.98. The second kappa shape index (κ2) is 5.11. The summed E-state index contributed by atoms with van der Waals surface area (Å²) in [7, 11) is 1.06. The summed E-state index contributed by atoms with van der Waals surface area (Å²) in [4.78, 5) is 11.3. The monoisotopic (exact) mass is 316 g/mol. The fraction of sp³-hybridized carbons (Fsp3) is 0.214. The van der Waals surface area contributed by atoms with Gasteiger partial charge in [-0.1, -0.05) is 23.7 Å². The van der Waals surface area contributed by atoms with E-state index in [9.17, 15) is 23.1 Å². The Morgan fingerprint density at radius 1 is 1.24 bits per heavy atom. The molecule has 0 spiro atoms. The third-order valence-electron chi connectivity index (χ3n) is 3.23. The minimum atomic E-state index is -4.66. The van der Waals surface area contributed by atoms with Crippen LogP contribution in [0.5, 0.6) is 0 Å². The molecule has 112 valence electrons. The Kier molecular flexibility index (Phi) is 3.76. The second-order valence-electron chi connectivity index (χ2n) is 4.55. The van der Waals surface area contributed by atoms with Gasteiger partial charge in [0, 0.05) is 17.6 Å². The van der Waals surface area contributed by atoms with Crippen molar-refractivity contribution in [3.8, 4) is 11.1 Å². The summed E-state index contributed by atoms with van der Waals surface area (Å²) in [6.45, 7) is 1.24. The number of benzene rings is 1. The maximum atomic E-state index is 13.1. The predicted molar refractivity (Wildman–Crippen MR) is 69.9 cm³/mol. The van der Waals surface area contributed by atoms with E-state index >= 15 is 0 Å². The smallest absolute Gasteiger partial charge is 0.431 e. The highest BCUT2D eigenvalue weighted by atomic mass is 35.5. The van der Waals surface area contributed by atoms with Crippen molar-refractivity contribution in [3.05, 3.63) is 46.2 Å². The van der Waals surface area contributed by atoms with Gasteiger partial charge in [-0.05, 0) is 30.2 Å². The molecule has 1 aromatic carbocycles. The Hall–Kier alpha value is -1.95. The summed E-state index contributed by atoms with van der Waals surface area (Å²) in [6, 6.07) is 5.90. The quantitative estimate of drug-likeness (QED) is 0.855. The predicted octanol–water partition coefficient (Wildman–Crippen LogP) is 3.04. The molecule has 3 nitrogen and oxygen atoms in total. The van der Waals surface area contributed by atoms with Crippen LogP contribution in [0, 0.1) is 6.92 Å². The zero-order valence-electron chi connectivity index (χ0n) is 11.1. The molecule has 0 amide bonds. The number of aromatic carboxylic acids is 1. The largest absolute Gasteiger partial charge is 0.543 e. The Morgan fingerprint density at radius 2 is 1.76 bits per heavy atom. The van der Waals surface area contributed by atoms with E-state index in [0.29, 0.717) is 15.2 Å². The van der Waals surface area contributed by atoms with Crippen LogP contribution in [0.1, 0.15) is 21.7 Å². The Bertz CT molecular complexity index is 702. The van der Waals surface area contributed by atoms with Gasteiger partial charge in [-0.3, -0.25) is 0 Å². The molecule has 0 bridgehead atoms. The third-order valence-corrected chi connectivity index (χ3v) is 3.48. The van der Waals surface area contributed by atoms with E-state index in [1.165, 1.54) is 31.2 Å². The molecule has 0 saturated heterocycles. The number of nitrogens with zero attached hydrogens (tertiary/aromatic N) is 1. The Balaban J connectivity index is 2.82. The van der Waals surface area contributed by atoms with Gasteiger partial charge in [-0.15, -0.1) is 0 Å². The summed E-state index contributed by atoms with van der Waals surface area (Å²) >= 11 is 5.74.